The van der Waals surface area contributed by atoms with Crippen molar-refractivity contribution in [3.8, 4) is 0 Å². The van der Waals surface area contributed by atoms with E-state index in [4.69, 9.17) is 19.3 Å². The van der Waals surface area contributed by atoms with Crippen LogP contribution in [0.1, 0.15) is 12.0 Å². The molecule has 0 aromatic heterocycles. The number of aryl methyl sites for hydroxylation is 1. The molecule has 29 heavy (non-hydrogen) atoms. The van der Waals surface area contributed by atoms with Crippen molar-refractivity contribution in [3.63, 3.8) is 0 Å². The molecule has 3 rings (SSSR count). The minimum absolute atomic E-state index is 0.0567. The smallest absolute Gasteiger partial charge is 0.186 e. The van der Waals surface area contributed by atoms with Crippen molar-refractivity contribution in [1.82, 2.24) is 0 Å². The number of benzene rings is 1. The second kappa shape index (κ2) is 9.31. The van der Waals surface area contributed by atoms with Crippen LogP contribution in [0.15, 0.2) is 30.3 Å². The van der Waals surface area contributed by atoms with Gasteiger partial charge in [0.15, 0.2) is 12.6 Å². The number of hydrogen-bond donors (Lipinski definition) is 7. The van der Waals surface area contributed by atoms with E-state index < -0.39 is 68.0 Å². The SMILES string of the molecule is OC[C@@H]1O[C@H](OC[C@H]2O[C@@H](O)[C@@](O)(CCc3ccccc3)[C@@H](O)[C@@H]2O)[C@H](O)[C@H]1O. The first-order chi connectivity index (χ1) is 13.8. The van der Waals surface area contributed by atoms with Gasteiger partial charge in [0.05, 0.1) is 13.2 Å². The lowest BCUT2D eigenvalue weighted by Crippen LogP contribution is -2.66. The molecule has 0 aliphatic carbocycles. The van der Waals surface area contributed by atoms with Gasteiger partial charge in [0.25, 0.3) is 0 Å². The topological polar surface area (TPSA) is 169 Å². The van der Waals surface area contributed by atoms with E-state index >= 15 is 0 Å². The summed E-state index contributed by atoms with van der Waals surface area (Å²) in [7, 11) is 0. The fraction of sp³-hybridized carbons (Fsp3) is 0.684. The lowest BCUT2D eigenvalue weighted by atomic mass is 9.82. The molecule has 10 nitrogen and oxygen atoms in total. The van der Waals surface area contributed by atoms with Crippen LogP contribution >= 0.6 is 0 Å². The third-order valence-electron chi connectivity index (χ3n) is 5.53. The summed E-state index contributed by atoms with van der Waals surface area (Å²) in [5.41, 5.74) is -1.21. The summed E-state index contributed by atoms with van der Waals surface area (Å²) < 4.78 is 15.7. The molecule has 0 bridgehead atoms. The Morgan fingerprint density at radius 2 is 1.59 bits per heavy atom. The zero-order valence-electron chi connectivity index (χ0n) is 15.7. The molecule has 1 aromatic carbocycles. The molecule has 9 atom stereocenters. The maximum Gasteiger partial charge on any atom is 0.186 e. The van der Waals surface area contributed by atoms with Crippen LogP contribution in [0.3, 0.4) is 0 Å². The Balaban J connectivity index is 1.58. The zero-order valence-corrected chi connectivity index (χ0v) is 15.7. The van der Waals surface area contributed by atoms with E-state index in [1.807, 2.05) is 30.3 Å². The summed E-state index contributed by atoms with van der Waals surface area (Å²) in [4.78, 5) is 0. The Hall–Kier alpha value is -1.18. The van der Waals surface area contributed by atoms with Gasteiger partial charge < -0.3 is 50.0 Å². The number of rotatable bonds is 7. The van der Waals surface area contributed by atoms with Crippen molar-refractivity contribution in [2.45, 2.75) is 67.6 Å². The largest absolute Gasteiger partial charge is 0.394 e. The van der Waals surface area contributed by atoms with Crippen molar-refractivity contribution < 1.29 is 50.0 Å². The number of hydrogen-bond acceptors (Lipinski definition) is 10. The Morgan fingerprint density at radius 3 is 2.21 bits per heavy atom. The van der Waals surface area contributed by atoms with Gasteiger partial charge >= 0.3 is 0 Å². The molecule has 2 aliphatic heterocycles. The van der Waals surface area contributed by atoms with Crippen molar-refractivity contribution in [1.29, 1.82) is 0 Å². The van der Waals surface area contributed by atoms with Gasteiger partial charge in [-0.3, -0.25) is 0 Å². The van der Waals surface area contributed by atoms with E-state index in [-0.39, 0.29) is 6.42 Å². The molecular weight excluding hydrogens is 388 g/mol. The second-order valence-corrected chi connectivity index (χ2v) is 7.48. The van der Waals surface area contributed by atoms with Crippen LogP contribution in [-0.4, -0.2) is 104 Å². The standard InChI is InChI=1S/C19H28O10/c20-8-11-13(21)15(23)17(28-11)27-9-12-14(22)16(24)19(26,18(25)29-12)7-6-10-4-2-1-3-5-10/h1-5,11-18,20-26H,6-9H2/t11-,12+,13-,14+,15+,16-,17-,18+,19+/m0/s1. The lowest BCUT2D eigenvalue weighted by Gasteiger charge is -2.46. The summed E-state index contributed by atoms with van der Waals surface area (Å²) in [5.74, 6) is 0. The van der Waals surface area contributed by atoms with Crippen LogP contribution in [0, 0.1) is 0 Å². The molecule has 2 heterocycles. The van der Waals surface area contributed by atoms with E-state index in [1.54, 1.807) is 0 Å². The molecule has 0 radical (unpaired) electrons. The Morgan fingerprint density at radius 1 is 0.897 bits per heavy atom. The summed E-state index contributed by atoms with van der Waals surface area (Å²) in [6.45, 7) is -0.927. The van der Waals surface area contributed by atoms with Crippen molar-refractivity contribution >= 4 is 0 Å². The van der Waals surface area contributed by atoms with Gasteiger partial charge in [0.2, 0.25) is 0 Å². The highest BCUT2D eigenvalue weighted by Crippen LogP contribution is 2.33. The number of aliphatic hydroxyl groups excluding tert-OH is 6. The summed E-state index contributed by atoms with van der Waals surface area (Å²) in [6, 6.07) is 9.15. The predicted molar refractivity (Wildman–Crippen MR) is 96.3 cm³/mol. The fourth-order valence-corrected chi connectivity index (χ4v) is 3.60. The first-order valence-corrected chi connectivity index (χ1v) is 9.48. The summed E-state index contributed by atoms with van der Waals surface area (Å²) >= 11 is 0. The highest BCUT2D eigenvalue weighted by molar-refractivity contribution is 5.16. The maximum atomic E-state index is 10.7. The highest BCUT2D eigenvalue weighted by Gasteiger charge is 2.54. The van der Waals surface area contributed by atoms with Gasteiger partial charge in [0.1, 0.15) is 42.2 Å². The minimum atomic E-state index is -2.09. The van der Waals surface area contributed by atoms with Crippen LogP contribution in [0.4, 0.5) is 0 Å². The lowest BCUT2D eigenvalue weighted by molar-refractivity contribution is -0.337. The molecular formula is C19H28O10. The van der Waals surface area contributed by atoms with Crippen LogP contribution in [0.5, 0.6) is 0 Å². The molecule has 2 aliphatic rings. The van der Waals surface area contributed by atoms with Gasteiger partial charge in [-0.25, -0.2) is 0 Å². The van der Waals surface area contributed by atoms with Crippen LogP contribution in [0.25, 0.3) is 0 Å². The van der Waals surface area contributed by atoms with Crippen LogP contribution in [-0.2, 0) is 20.6 Å². The van der Waals surface area contributed by atoms with Gasteiger partial charge in [-0.1, -0.05) is 30.3 Å². The van der Waals surface area contributed by atoms with E-state index in [1.165, 1.54) is 0 Å². The Kier molecular flexibility index (Phi) is 7.23. The molecule has 164 valence electrons. The first-order valence-electron chi connectivity index (χ1n) is 9.48. The fourth-order valence-electron chi connectivity index (χ4n) is 3.60. The van der Waals surface area contributed by atoms with Crippen molar-refractivity contribution in [2.24, 2.45) is 0 Å². The van der Waals surface area contributed by atoms with Crippen molar-refractivity contribution in [2.75, 3.05) is 13.2 Å². The van der Waals surface area contributed by atoms with Crippen LogP contribution < -0.4 is 0 Å². The van der Waals surface area contributed by atoms with Gasteiger partial charge in [-0.05, 0) is 18.4 Å². The summed E-state index contributed by atoms with van der Waals surface area (Å²) in [5, 5.41) is 70.5. The van der Waals surface area contributed by atoms with Gasteiger partial charge in [-0.15, -0.1) is 0 Å². The van der Waals surface area contributed by atoms with E-state index in [0.717, 1.165) is 5.56 Å². The molecule has 0 spiro atoms. The average molecular weight is 416 g/mol. The van der Waals surface area contributed by atoms with Gasteiger partial charge in [0, 0.05) is 0 Å². The van der Waals surface area contributed by atoms with Gasteiger partial charge in [-0.2, -0.15) is 0 Å². The third kappa shape index (κ3) is 4.62. The molecule has 0 unspecified atom stereocenters. The van der Waals surface area contributed by atoms with E-state index in [2.05, 4.69) is 0 Å². The molecule has 10 heteroatoms. The number of ether oxygens (including phenoxy) is 3. The predicted octanol–water partition coefficient (Wildman–Crippen LogP) is -2.76. The molecule has 2 saturated heterocycles. The highest BCUT2D eigenvalue weighted by atomic mass is 16.7. The summed E-state index contributed by atoms with van der Waals surface area (Å²) in [6.07, 6.45) is -11.1. The Labute approximate surface area is 167 Å². The minimum Gasteiger partial charge on any atom is -0.394 e. The Bertz CT molecular complexity index is 645. The maximum absolute atomic E-state index is 10.7. The molecule has 2 fully saturated rings. The molecule has 7 N–H and O–H groups in total. The second-order valence-electron chi connectivity index (χ2n) is 7.48. The monoisotopic (exact) mass is 416 g/mol. The van der Waals surface area contributed by atoms with Crippen molar-refractivity contribution in [3.05, 3.63) is 35.9 Å². The quantitative estimate of drug-likeness (QED) is 0.247. The molecule has 0 amide bonds. The molecule has 1 aromatic rings. The van der Waals surface area contributed by atoms with E-state index in [0.29, 0.717) is 6.42 Å². The average Bonchev–Trinajstić information content (AvgIpc) is 3.01. The third-order valence-corrected chi connectivity index (χ3v) is 5.53. The zero-order chi connectivity index (χ0) is 21.2. The normalized spacial score (nSPS) is 42.9. The van der Waals surface area contributed by atoms with Crippen LogP contribution in [0.2, 0.25) is 0 Å². The first kappa shape index (κ1) is 22.5. The van der Waals surface area contributed by atoms with E-state index in [9.17, 15) is 30.6 Å². The molecule has 0 saturated carbocycles. The number of aliphatic hydroxyl groups is 7.